The third-order valence-electron chi connectivity index (χ3n) is 1.16. The zero-order chi connectivity index (χ0) is 7.23. The Morgan fingerprint density at radius 3 is 2.60 bits per heavy atom. The molecule has 2 heteroatoms. The first-order valence-corrected chi connectivity index (χ1v) is 6.27. The molecule has 1 aromatic rings. The van der Waals surface area contributed by atoms with Crippen LogP contribution in [0.3, 0.4) is 0 Å². The van der Waals surface area contributed by atoms with E-state index in [2.05, 4.69) is 16.5 Å². The number of hydrogen-bond donors (Lipinski definition) is 0. The van der Waals surface area contributed by atoms with Gasteiger partial charge in [-0.3, -0.25) is 0 Å². The monoisotopic (exact) mass is 235 g/mol. The molecule has 10 heavy (non-hydrogen) atoms. The molecule has 0 saturated heterocycles. The van der Waals surface area contributed by atoms with Gasteiger partial charge in [0.05, 0.1) is 0 Å². The van der Waals surface area contributed by atoms with Crippen molar-refractivity contribution in [1.82, 2.24) is 0 Å². The molecule has 0 heterocycles. The van der Waals surface area contributed by atoms with E-state index in [0.717, 1.165) is 6.42 Å². The Bertz CT molecular complexity index is 245. The van der Waals surface area contributed by atoms with Crippen LogP contribution in [0.1, 0.15) is 5.56 Å². The minimum absolute atomic E-state index is 0.296. The van der Waals surface area contributed by atoms with Crippen LogP contribution in [0.15, 0.2) is 30.3 Å². The van der Waals surface area contributed by atoms with Crippen LogP contribution >= 0.6 is 9.58 Å². The first-order chi connectivity index (χ1) is 4.93. The van der Waals surface area contributed by atoms with Crippen LogP contribution in [0.4, 0.5) is 0 Å². The van der Waals surface area contributed by atoms with Crippen molar-refractivity contribution in [2.45, 2.75) is 6.42 Å². The summed E-state index contributed by atoms with van der Waals surface area (Å²) in [5.41, 5.74) is 1.29. The molecule has 0 aliphatic rings. The van der Waals surface area contributed by atoms with Crippen molar-refractivity contribution in [3.63, 3.8) is 0 Å². The van der Waals surface area contributed by atoms with Gasteiger partial charge in [-0.25, -0.2) is 0 Å². The summed E-state index contributed by atoms with van der Waals surface area (Å²) in [6.45, 7) is 0. The molecule has 0 bridgehead atoms. The van der Waals surface area contributed by atoms with Crippen LogP contribution in [0.2, 0.25) is 0 Å². The van der Waals surface area contributed by atoms with E-state index >= 15 is 0 Å². The van der Waals surface area contributed by atoms with E-state index in [1.807, 2.05) is 18.2 Å². The number of hydrogen-bond acceptors (Lipinski definition) is 0. The van der Waals surface area contributed by atoms with Crippen molar-refractivity contribution in [2.24, 2.45) is 0 Å². The van der Waals surface area contributed by atoms with Crippen LogP contribution < -0.4 is 0 Å². The average Bonchev–Trinajstić information content (AvgIpc) is 2.03. The van der Waals surface area contributed by atoms with Gasteiger partial charge >= 0.3 is 72.3 Å². The van der Waals surface area contributed by atoms with Crippen molar-refractivity contribution in [2.75, 3.05) is 0 Å². The third-order valence-corrected chi connectivity index (χ3v) is 2.34. The van der Waals surface area contributed by atoms with Crippen LogP contribution in [0.25, 0.3) is 0 Å². The molecular weight excluding hydrogens is 230 g/mol. The van der Waals surface area contributed by atoms with Gasteiger partial charge in [0.1, 0.15) is 0 Å². The summed E-state index contributed by atoms with van der Waals surface area (Å²) in [5.74, 6) is 0. The SMILES string of the molecule is [Cl][Tc+]#[C]Cc1ccccc1. The molecule has 0 spiro atoms. The summed E-state index contributed by atoms with van der Waals surface area (Å²) < 4.78 is 3.14. The van der Waals surface area contributed by atoms with E-state index in [1.165, 1.54) is 5.56 Å². The molecular formula is C8H7ClTc+. The maximum absolute atomic E-state index is 5.55. The van der Waals surface area contributed by atoms with Crippen LogP contribution in [0, 0.1) is 4.33 Å². The van der Waals surface area contributed by atoms with Gasteiger partial charge in [0.15, 0.2) is 0 Å². The topological polar surface area (TPSA) is 0 Å². The fourth-order valence-electron chi connectivity index (χ4n) is 0.698. The fourth-order valence-corrected chi connectivity index (χ4v) is 1.50. The predicted octanol–water partition coefficient (Wildman–Crippen LogP) is 2.42. The number of halogens is 1. The molecule has 0 N–H and O–H groups in total. The van der Waals surface area contributed by atoms with Crippen LogP contribution in [0.5, 0.6) is 0 Å². The van der Waals surface area contributed by atoms with E-state index in [1.54, 1.807) is 0 Å². The van der Waals surface area contributed by atoms with Gasteiger partial charge < -0.3 is 0 Å². The molecule has 1 rings (SSSR count). The summed E-state index contributed by atoms with van der Waals surface area (Å²) >= 11 is -0.296. The minimum atomic E-state index is -0.296. The van der Waals surface area contributed by atoms with Gasteiger partial charge in [0.2, 0.25) is 0 Å². The van der Waals surface area contributed by atoms with Crippen LogP contribution in [-0.2, 0) is 22.5 Å². The van der Waals surface area contributed by atoms with E-state index in [9.17, 15) is 0 Å². The molecule has 0 aromatic heterocycles. The molecule has 0 radical (unpaired) electrons. The van der Waals surface area contributed by atoms with Crippen molar-refractivity contribution < 1.29 is 16.0 Å². The van der Waals surface area contributed by atoms with Crippen LogP contribution in [-0.4, -0.2) is 0 Å². The summed E-state index contributed by atoms with van der Waals surface area (Å²) in [5, 5.41) is 0. The zero-order valence-corrected chi connectivity index (χ0v) is 7.96. The molecule has 0 unspecified atom stereocenters. The Morgan fingerprint density at radius 2 is 2.00 bits per heavy atom. The second-order valence-electron chi connectivity index (χ2n) is 1.87. The normalized spacial score (nSPS) is 8.50. The Balaban J connectivity index is 2.64. The Labute approximate surface area is 72.3 Å². The summed E-state index contributed by atoms with van der Waals surface area (Å²) in [6.07, 6.45) is 0.900. The Morgan fingerprint density at radius 1 is 1.30 bits per heavy atom. The standard InChI is InChI=1S/C8H7.ClH.Tc/c1-2-8-6-4-3-5-7-8;;/h3-7H,2H2;1H;/q;;+2/p-1. The van der Waals surface area contributed by atoms with Crippen molar-refractivity contribution >= 4 is 9.58 Å². The van der Waals surface area contributed by atoms with Crippen molar-refractivity contribution in [1.29, 1.82) is 0 Å². The molecule has 0 amide bonds. The second kappa shape index (κ2) is 4.71. The second-order valence-corrected chi connectivity index (χ2v) is 3.72. The molecule has 0 fully saturated rings. The molecule has 0 saturated carbocycles. The third kappa shape index (κ3) is 2.68. The van der Waals surface area contributed by atoms with Crippen molar-refractivity contribution in [3.05, 3.63) is 35.9 Å². The van der Waals surface area contributed by atoms with E-state index in [4.69, 9.17) is 9.58 Å². The van der Waals surface area contributed by atoms with Gasteiger partial charge in [-0.05, 0) is 0 Å². The maximum atomic E-state index is 5.55. The fraction of sp³-hybridized carbons (Fsp3) is 0.125. The Kier molecular flexibility index (Phi) is 3.79. The number of benzene rings is 1. The number of rotatable bonds is 1. The molecule has 0 aliphatic heterocycles. The van der Waals surface area contributed by atoms with Gasteiger partial charge in [0, 0.05) is 0 Å². The predicted molar refractivity (Wildman–Crippen MR) is 39.9 cm³/mol. The average molecular weight is 237 g/mol. The zero-order valence-electron chi connectivity index (χ0n) is 5.35. The van der Waals surface area contributed by atoms with E-state index in [-0.39, 0.29) is 16.0 Å². The van der Waals surface area contributed by atoms with Gasteiger partial charge in [-0.2, -0.15) is 0 Å². The Hall–Kier alpha value is -0.0606. The van der Waals surface area contributed by atoms with Gasteiger partial charge in [0.25, 0.3) is 0 Å². The molecule has 0 atom stereocenters. The van der Waals surface area contributed by atoms with Crippen molar-refractivity contribution in [3.8, 4) is 4.33 Å². The molecule has 0 nitrogen and oxygen atoms in total. The molecule has 52 valence electrons. The summed E-state index contributed by atoms with van der Waals surface area (Å²) in [6, 6.07) is 10.2. The first-order valence-electron chi connectivity index (χ1n) is 2.95. The molecule has 1 aromatic carbocycles. The van der Waals surface area contributed by atoms with E-state index < -0.39 is 0 Å². The summed E-state index contributed by atoms with van der Waals surface area (Å²) in [7, 11) is 5.55. The first kappa shape index (κ1) is 8.04. The van der Waals surface area contributed by atoms with Gasteiger partial charge in [-0.15, -0.1) is 0 Å². The van der Waals surface area contributed by atoms with Gasteiger partial charge in [-0.1, -0.05) is 0 Å². The summed E-state index contributed by atoms with van der Waals surface area (Å²) in [4.78, 5) is 0. The van der Waals surface area contributed by atoms with E-state index in [0.29, 0.717) is 0 Å². The quantitative estimate of drug-likeness (QED) is 0.703. The molecule has 0 aliphatic carbocycles.